The summed E-state index contributed by atoms with van der Waals surface area (Å²) in [6, 6.07) is 23.4. The highest BCUT2D eigenvalue weighted by Crippen LogP contribution is 2.41. The summed E-state index contributed by atoms with van der Waals surface area (Å²) in [6.07, 6.45) is 1.69. The SMILES string of the molecule is COc1cccc([C@H]2C3=C(N=c4s/c(=C5\C(=O)Nc6ccccc65)c(=O)n42)c2ccccc2CC3)c1. The number of amides is 1. The average molecular weight is 492 g/mol. The molecule has 0 bridgehead atoms. The van der Waals surface area contributed by atoms with Gasteiger partial charge in [0.2, 0.25) is 0 Å². The zero-order valence-electron chi connectivity index (χ0n) is 19.4. The van der Waals surface area contributed by atoms with Gasteiger partial charge in [0.05, 0.1) is 24.4 Å². The van der Waals surface area contributed by atoms with Crippen molar-refractivity contribution in [3.63, 3.8) is 0 Å². The van der Waals surface area contributed by atoms with Gasteiger partial charge in [0, 0.05) is 16.8 Å². The molecular weight excluding hydrogens is 470 g/mol. The minimum Gasteiger partial charge on any atom is -0.497 e. The van der Waals surface area contributed by atoms with E-state index in [1.165, 1.54) is 16.9 Å². The summed E-state index contributed by atoms with van der Waals surface area (Å²) >= 11 is 1.29. The highest BCUT2D eigenvalue weighted by molar-refractivity contribution is 7.07. The number of benzene rings is 3. The first-order valence-electron chi connectivity index (χ1n) is 11.8. The number of hydrogen-bond donors (Lipinski definition) is 1. The van der Waals surface area contributed by atoms with E-state index in [1.807, 2.05) is 54.6 Å². The van der Waals surface area contributed by atoms with Crippen molar-refractivity contribution in [1.82, 2.24) is 4.57 Å². The van der Waals surface area contributed by atoms with Crippen LogP contribution < -0.4 is 24.9 Å². The lowest BCUT2D eigenvalue weighted by Crippen LogP contribution is -2.39. The second-order valence-corrected chi connectivity index (χ2v) is 10.1. The molecule has 0 radical (unpaired) electrons. The number of carbonyl (C=O) groups is 1. The average Bonchev–Trinajstić information content (AvgIpc) is 3.42. The summed E-state index contributed by atoms with van der Waals surface area (Å²) in [4.78, 5) is 32.7. The van der Waals surface area contributed by atoms with E-state index in [-0.39, 0.29) is 17.5 Å². The lowest BCUT2D eigenvalue weighted by molar-refractivity contribution is -0.110. The van der Waals surface area contributed by atoms with Crippen LogP contribution in [0.2, 0.25) is 0 Å². The number of nitrogens with zero attached hydrogens (tertiary/aromatic N) is 2. The molecular formula is C29H21N3O3S. The van der Waals surface area contributed by atoms with Gasteiger partial charge in [-0.05, 0) is 47.7 Å². The normalized spacial score (nSPS) is 19.0. The molecule has 176 valence electrons. The Kier molecular flexibility index (Phi) is 4.62. The van der Waals surface area contributed by atoms with Gasteiger partial charge in [0.25, 0.3) is 11.5 Å². The molecule has 4 aromatic rings. The molecule has 3 heterocycles. The van der Waals surface area contributed by atoms with Crippen molar-refractivity contribution in [2.75, 3.05) is 12.4 Å². The lowest BCUT2D eigenvalue weighted by Gasteiger charge is -2.31. The van der Waals surface area contributed by atoms with Crippen molar-refractivity contribution in [3.05, 3.63) is 120 Å². The van der Waals surface area contributed by atoms with Crippen LogP contribution in [0.3, 0.4) is 0 Å². The van der Waals surface area contributed by atoms with Crippen molar-refractivity contribution in [1.29, 1.82) is 0 Å². The van der Waals surface area contributed by atoms with Crippen LogP contribution in [0.4, 0.5) is 5.69 Å². The van der Waals surface area contributed by atoms with E-state index < -0.39 is 0 Å². The van der Waals surface area contributed by atoms with Crippen molar-refractivity contribution >= 4 is 34.2 Å². The van der Waals surface area contributed by atoms with Crippen molar-refractivity contribution < 1.29 is 9.53 Å². The first-order chi connectivity index (χ1) is 17.6. The molecule has 7 rings (SSSR count). The van der Waals surface area contributed by atoms with Crippen molar-refractivity contribution in [2.24, 2.45) is 4.99 Å². The summed E-state index contributed by atoms with van der Waals surface area (Å²) in [5.74, 6) is 0.477. The maximum absolute atomic E-state index is 14.1. The van der Waals surface area contributed by atoms with Gasteiger partial charge in [0.1, 0.15) is 10.3 Å². The van der Waals surface area contributed by atoms with E-state index in [1.54, 1.807) is 11.7 Å². The Bertz CT molecular complexity index is 1810. The fourth-order valence-electron chi connectivity index (χ4n) is 5.53. The molecule has 0 spiro atoms. The van der Waals surface area contributed by atoms with Crippen molar-refractivity contribution in [3.8, 4) is 5.75 Å². The van der Waals surface area contributed by atoms with Crippen LogP contribution in [0, 0.1) is 0 Å². The Hall–Kier alpha value is -4.23. The van der Waals surface area contributed by atoms with Crippen molar-refractivity contribution in [2.45, 2.75) is 18.9 Å². The number of allylic oxidation sites excluding steroid dienone is 1. The van der Waals surface area contributed by atoms with E-state index in [2.05, 4.69) is 23.5 Å². The van der Waals surface area contributed by atoms with Gasteiger partial charge < -0.3 is 10.1 Å². The number of ether oxygens (including phenoxy) is 1. The zero-order chi connectivity index (χ0) is 24.4. The van der Waals surface area contributed by atoms with Gasteiger partial charge in [-0.1, -0.05) is 65.9 Å². The second kappa shape index (κ2) is 7.90. The van der Waals surface area contributed by atoms with Crippen LogP contribution in [-0.4, -0.2) is 17.6 Å². The summed E-state index contributed by atoms with van der Waals surface area (Å²) in [5.41, 5.74) is 7.07. The Morgan fingerprint density at radius 1 is 0.972 bits per heavy atom. The third kappa shape index (κ3) is 2.99. The fourth-order valence-corrected chi connectivity index (χ4v) is 6.62. The van der Waals surface area contributed by atoms with E-state index in [4.69, 9.17) is 9.73 Å². The molecule has 1 amide bonds. The number of aromatic nitrogens is 1. The number of aryl methyl sites for hydroxylation is 1. The van der Waals surface area contributed by atoms with Crippen LogP contribution in [0.1, 0.15) is 34.7 Å². The van der Waals surface area contributed by atoms with Gasteiger partial charge in [-0.25, -0.2) is 4.99 Å². The number of nitrogens with one attached hydrogen (secondary N) is 1. The number of carbonyl (C=O) groups excluding carboxylic acids is 1. The van der Waals surface area contributed by atoms with Crippen LogP contribution in [0.15, 0.2) is 88.2 Å². The van der Waals surface area contributed by atoms with Gasteiger partial charge in [-0.3, -0.25) is 14.2 Å². The summed E-state index contributed by atoms with van der Waals surface area (Å²) in [7, 11) is 1.64. The molecule has 36 heavy (non-hydrogen) atoms. The van der Waals surface area contributed by atoms with Gasteiger partial charge in [-0.2, -0.15) is 0 Å². The summed E-state index contributed by atoms with van der Waals surface area (Å²) in [5, 5.41) is 2.90. The largest absolute Gasteiger partial charge is 0.497 e. The number of fused-ring (bicyclic) bond motifs is 4. The third-order valence-corrected chi connectivity index (χ3v) is 8.21. The number of methoxy groups -OCH3 is 1. The third-order valence-electron chi connectivity index (χ3n) is 7.16. The maximum Gasteiger partial charge on any atom is 0.271 e. The van der Waals surface area contributed by atoms with Gasteiger partial charge in [0.15, 0.2) is 4.80 Å². The Morgan fingerprint density at radius 3 is 2.64 bits per heavy atom. The van der Waals surface area contributed by atoms with Crippen LogP contribution in [0.5, 0.6) is 5.75 Å². The Balaban J connectivity index is 1.56. The molecule has 3 aromatic carbocycles. The molecule has 0 saturated heterocycles. The first kappa shape index (κ1) is 21.1. The first-order valence-corrected chi connectivity index (χ1v) is 12.7. The standard InChI is InChI=1S/C29H21N3O3S/c1-35-18-9-6-8-17(15-18)25-21-14-13-16-7-2-3-10-19(16)24(21)31-29-32(25)28(34)26(36-29)23-20-11-4-5-12-22(20)30-27(23)33/h2-12,15,25H,13-14H2,1H3,(H,30,33)/b26-23-/t25-/m0/s1. The van der Waals surface area contributed by atoms with E-state index in [9.17, 15) is 9.59 Å². The van der Waals surface area contributed by atoms with Gasteiger partial charge in [-0.15, -0.1) is 0 Å². The van der Waals surface area contributed by atoms with Crippen LogP contribution in [0.25, 0.3) is 11.3 Å². The molecule has 1 aromatic heterocycles. The van der Waals surface area contributed by atoms with Crippen LogP contribution in [-0.2, 0) is 11.2 Å². The lowest BCUT2D eigenvalue weighted by atomic mass is 9.83. The predicted octanol–water partition coefficient (Wildman–Crippen LogP) is 3.65. The molecule has 2 aliphatic heterocycles. The molecule has 0 saturated carbocycles. The Morgan fingerprint density at radius 2 is 1.78 bits per heavy atom. The fraction of sp³-hybridized carbons (Fsp3) is 0.138. The van der Waals surface area contributed by atoms with Crippen LogP contribution >= 0.6 is 11.3 Å². The molecule has 0 unspecified atom stereocenters. The molecule has 6 nitrogen and oxygen atoms in total. The number of hydrogen-bond acceptors (Lipinski definition) is 5. The second-order valence-electron chi connectivity index (χ2n) is 9.09. The quantitative estimate of drug-likeness (QED) is 0.465. The number of thiazole rings is 1. The minimum absolute atomic E-state index is 0.196. The smallest absolute Gasteiger partial charge is 0.271 e. The van der Waals surface area contributed by atoms with E-state index >= 15 is 0 Å². The summed E-state index contributed by atoms with van der Waals surface area (Å²) in [6.45, 7) is 0. The molecule has 0 fully saturated rings. The number of para-hydroxylation sites is 1. The number of rotatable bonds is 2. The topological polar surface area (TPSA) is 72.7 Å². The van der Waals surface area contributed by atoms with Gasteiger partial charge >= 0.3 is 0 Å². The molecule has 3 aliphatic rings. The molecule has 7 heteroatoms. The molecule has 1 aliphatic carbocycles. The Labute approximate surface area is 210 Å². The maximum atomic E-state index is 14.1. The highest BCUT2D eigenvalue weighted by atomic mass is 32.1. The minimum atomic E-state index is -0.325. The highest BCUT2D eigenvalue weighted by Gasteiger charge is 2.34. The molecule has 1 atom stereocenters. The molecule has 1 N–H and O–H groups in total. The monoisotopic (exact) mass is 491 g/mol. The zero-order valence-corrected chi connectivity index (χ0v) is 20.3. The predicted molar refractivity (Wildman–Crippen MR) is 140 cm³/mol. The summed E-state index contributed by atoms with van der Waals surface area (Å²) < 4.78 is 7.70. The van der Waals surface area contributed by atoms with E-state index in [0.717, 1.165) is 52.2 Å². The van der Waals surface area contributed by atoms with E-state index in [0.29, 0.717) is 14.9 Å². The number of anilines is 1.